The molecule has 0 aromatic heterocycles. The molecule has 0 aliphatic heterocycles. The predicted octanol–water partition coefficient (Wildman–Crippen LogP) is 9.73. The first-order valence-corrected chi connectivity index (χ1v) is 13.9. The van der Waals surface area contributed by atoms with E-state index in [1.807, 2.05) is 0 Å². The molecule has 3 aliphatic carbocycles. The van der Waals surface area contributed by atoms with E-state index in [0.29, 0.717) is 0 Å². The topological polar surface area (TPSA) is 0 Å². The second-order valence-electron chi connectivity index (χ2n) is 11.3. The highest BCUT2D eigenvalue weighted by atomic mass is 14.4. The number of allylic oxidation sites excluding steroid dienone is 2. The fourth-order valence-corrected chi connectivity index (χ4v) is 7.19. The fraction of sp³-hybridized carbons (Fsp3) is 0.931. The zero-order valence-electron chi connectivity index (χ0n) is 20.1. The van der Waals surface area contributed by atoms with E-state index < -0.39 is 0 Å². The van der Waals surface area contributed by atoms with Gasteiger partial charge in [-0.15, -0.1) is 0 Å². The summed E-state index contributed by atoms with van der Waals surface area (Å²) in [5, 5.41) is 0. The summed E-state index contributed by atoms with van der Waals surface area (Å²) in [5.74, 6) is 6.46. The molecule has 0 aromatic rings. The molecule has 0 amide bonds. The van der Waals surface area contributed by atoms with E-state index in [-0.39, 0.29) is 0 Å². The standard InChI is InChI=1S/C29H52/c1-3-5-6-9-25-12-14-26(15-13-25)10-7-8-11-27-18-22-29(23-19-27)28-20-16-24(4-2)17-21-28/h3,5,24-29H,4,6-23H2,1-2H3/b5-3+/t24-,25-,26-,27?,28-,29?. The summed E-state index contributed by atoms with van der Waals surface area (Å²) < 4.78 is 0. The zero-order chi connectivity index (χ0) is 20.3. The number of hydrogen-bond acceptors (Lipinski definition) is 0. The van der Waals surface area contributed by atoms with Gasteiger partial charge in [-0.1, -0.05) is 103 Å². The average Bonchev–Trinajstić information content (AvgIpc) is 2.78. The van der Waals surface area contributed by atoms with Crippen LogP contribution in [0.1, 0.15) is 136 Å². The Morgan fingerprint density at radius 1 is 0.552 bits per heavy atom. The lowest BCUT2D eigenvalue weighted by Gasteiger charge is -2.37. The average molecular weight is 401 g/mol. The fourth-order valence-electron chi connectivity index (χ4n) is 7.19. The van der Waals surface area contributed by atoms with Gasteiger partial charge in [-0.05, 0) is 81.0 Å². The minimum atomic E-state index is 1.04. The van der Waals surface area contributed by atoms with Gasteiger partial charge in [-0.25, -0.2) is 0 Å². The van der Waals surface area contributed by atoms with E-state index >= 15 is 0 Å². The Bertz CT molecular complexity index is 425. The van der Waals surface area contributed by atoms with Crippen LogP contribution in [0.2, 0.25) is 0 Å². The van der Waals surface area contributed by atoms with Crippen molar-refractivity contribution < 1.29 is 0 Å². The van der Waals surface area contributed by atoms with Crippen molar-refractivity contribution in [2.45, 2.75) is 136 Å². The van der Waals surface area contributed by atoms with E-state index in [4.69, 9.17) is 0 Å². The van der Waals surface area contributed by atoms with Crippen molar-refractivity contribution in [1.29, 1.82) is 0 Å². The van der Waals surface area contributed by atoms with Crippen molar-refractivity contribution in [1.82, 2.24) is 0 Å². The SMILES string of the molecule is C/C=C/CC[C@H]1CC[C@H](CCCCC2CCC([C@H]3CC[C@H](CC)CC3)CC2)CC1. The van der Waals surface area contributed by atoms with Crippen LogP contribution in [-0.2, 0) is 0 Å². The first-order chi connectivity index (χ1) is 14.3. The molecule has 0 heteroatoms. The highest BCUT2D eigenvalue weighted by molar-refractivity contribution is 4.82. The van der Waals surface area contributed by atoms with Gasteiger partial charge in [0.05, 0.1) is 0 Å². The van der Waals surface area contributed by atoms with Gasteiger partial charge in [0.25, 0.3) is 0 Å². The second kappa shape index (κ2) is 13.2. The summed E-state index contributed by atoms with van der Waals surface area (Å²) in [5.41, 5.74) is 0. The zero-order valence-corrected chi connectivity index (χ0v) is 20.1. The molecule has 3 saturated carbocycles. The van der Waals surface area contributed by atoms with Crippen LogP contribution in [-0.4, -0.2) is 0 Å². The van der Waals surface area contributed by atoms with Crippen molar-refractivity contribution in [3.63, 3.8) is 0 Å². The van der Waals surface area contributed by atoms with Crippen LogP contribution in [0.5, 0.6) is 0 Å². The highest BCUT2D eigenvalue weighted by Crippen LogP contribution is 2.43. The van der Waals surface area contributed by atoms with E-state index in [9.17, 15) is 0 Å². The summed E-state index contributed by atoms with van der Waals surface area (Å²) in [6.07, 6.45) is 33.5. The van der Waals surface area contributed by atoms with Crippen LogP contribution in [0.15, 0.2) is 12.2 Å². The van der Waals surface area contributed by atoms with Gasteiger partial charge < -0.3 is 0 Å². The van der Waals surface area contributed by atoms with Crippen molar-refractivity contribution in [2.24, 2.45) is 35.5 Å². The van der Waals surface area contributed by atoms with Gasteiger partial charge in [0.1, 0.15) is 0 Å². The van der Waals surface area contributed by atoms with Crippen LogP contribution in [0, 0.1) is 35.5 Å². The quantitative estimate of drug-likeness (QED) is 0.253. The lowest BCUT2D eigenvalue weighted by Crippen LogP contribution is -2.25. The molecule has 29 heavy (non-hydrogen) atoms. The Balaban J connectivity index is 1.19. The molecule has 0 unspecified atom stereocenters. The van der Waals surface area contributed by atoms with Crippen molar-refractivity contribution in [2.75, 3.05) is 0 Å². The van der Waals surface area contributed by atoms with Crippen molar-refractivity contribution in [3.05, 3.63) is 12.2 Å². The smallest absolute Gasteiger partial charge is 0.0348 e. The maximum absolute atomic E-state index is 2.40. The molecule has 3 fully saturated rings. The molecular weight excluding hydrogens is 348 g/mol. The molecule has 0 saturated heterocycles. The maximum Gasteiger partial charge on any atom is -0.0348 e. The Labute approximate surface area is 183 Å². The third kappa shape index (κ3) is 8.06. The Kier molecular flexibility index (Phi) is 10.7. The van der Waals surface area contributed by atoms with Gasteiger partial charge in [0, 0.05) is 0 Å². The molecule has 3 rings (SSSR count). The molecule has 0 aromatic carbocycles. The summed E-state index contributed by atoms with van der Waals surface area (Å²) in [7, 11) is 0. The monoisotopic (exact) mass is 400 g/mol. The van der Waals surface area contributed by atoms with Crippen LogP contribution in [0.3, 0.4) is 0 Å². The molecule has 3 aliphatic rings. The van der Waals surface area contributed by atoms with Crippen molar-refractivity contribution >= 4 is 0 Å². The van der Waals surface area contributed by atoms with Gasteiger partial charge in [-0.3, -0.25) is 0 Å². The molecule has 0 radical (unpaired) electrons. The summed E-state index contributed by atoms with van der Waals surface area (Å²) in [4.78, 5) is 0. The molecule has 0 atom stereocenters. The Hall–Kier alpha value is -0.260. The highest BCUT2D eigenvalue weighted by Gasteiger charge is 2.30. The first kappa shape index (κ1) is 23.4. The van der Waals surface area contributed by atoms with E-state index in [1.165, 1.54) is 64.2 Å². The van der Waals surface area contributed by atoms with Gasteiger partial charge in [-0.2, -0.15) is 0 Å². The second-order valence-corrected chi connectivity index (χ2v) is 11.3. The van der Waals surface area contributed by atoms with Gasteiger partial charge in [0.2, 0.25) is 0 Å². The van der Waals surface area contributed by atoms with E-state index in [1.54, 1.807) is 57.8 Å². The number of rotatable bonds is 10. The lowest BCUT2D eigenvalue weighted by atomic mass is 9.68. The minimum Gasteiger partial charge on any atom is -0.0917 e. The largest absolute Gasteiger partial charge is 0.0917 e. The molecule has 0 heterocycles. The maximum atomic E-state index is 2.40. The minimum absolute atomic E-state index is 1.04. The van der Waals surface area contributed by atoms with Crippen LogP contribution < -0.4 is 0 Å². The van der Waals surface area contributed by atoms with E-state index in [0.717, 1.165) is 35.5 Å². The lowest BCUT2D eigenvalue weighted by molar-refractivity contribution is 0.141. The summed E-state index contributed by atoms with van der Waals surface area (Å²) >= 11 is 0. The molecule has 0 N–H and O–H groups in total. The predicted molar refractivity (Wildman–Crippen MR) is 129 cm³/mol. The third-order valence-corrected chi connectivity index (χ3v) is 9.45. The van der Waals surface area contributed by atoms with Gasteiger partial charge >= 0.3 is 0 Å². The van der Waals surface area contributed by atoms with Crippen LogP contribution >= 0.6 is 0 Å². The number of hydrogen-bond donors (Lipinski definition) is 0. The van der Waals surface area contributed by atoms with Gasteiger partial charge in [0.15, 0.2) is 0 Å². The molecular formula is C29H52. The summed E-state index contributed by atoms with van der Waals surface area (Å²) in [6.45, 7) is 4.55. The normalized spacial score (nSPS) is 36.5. The molecule has 168 valence electrons. The Morgan fingerprint density at radius 3 is 1.41 bits per heavy atom. The molecule has 0 nitrogen and oxygen atoms in total. The van der Waals surface area contributed by atoms with Crippen LogP contribution in [0.4, 0.5) is 0 Å². The van der Waals surface area contributed by atoms with Crippen LogP contribution in [0.25, 0.3) is 0 Å². The number of unbranched alkanes of at least 4 members (excludes halogenated alkanes) is 1. The van der Waals surface area contributed by atoms with Crippen molar-refractivity contribution in [3.8, 4) is 0 Å². The molecule has 0 bridgehead atoms. The third-order valence-electron chi connectivity index (χ3n) is 9.45. The molecule has 0 spiro atoms. The summed E-state index contributed by atoms with van der Waals surface area (Å²) in [6, 6.07) is 0. The Morgan fingerprint density at radius 2 is 0.966 bits per heavy atom. The van der Waals surface area contributed by atoms with E-state index in [2.05, 4.69) is 26.0 Å². The first-order valence-electron chi connectivity index (χ1n) is 13.9.